The van der Waals surface area contributed by atoms with Crippen LogP contribution in [0.1, 0.15) is 0 Å². The molecule has 19 heavy (non-hydrogen) atoms. The number of fused-ring (bicyclic) bond motifs is 1. The zero-order chi connectivity index (χ0) is 13.2. The third kappa shape index (κ3) is 2.26. The minimum Gasteiger partial charge on any atom is -0.480 e. The van der Waals surface area contributed by atoms with Gasteiger partial charge in [-0.05, 0) is 18.2 Å². The van der Waals surface area contributed by atoms with E-state index < -0.39 is 0 Å². The van der Waals surface area contributed by atoms with E-state index in [2.05, 4.69) is 14.9 Å². The number of nitrogens with two attached hydrogens (primary N) is 1. The molecule has 0 saturated carbocycles. The van der Waals surface area contributed by atoms with E-state index in [0.717, 1.165) is 24.0 Å². The normalized spacial score (nSPS) is 15.7. The van der Waals surface area contributed by atoms with Gasteiger partial charge in [-0.1, -0.05) is 0 Å². The Labute approximate surface area is 111 Å². The lowest BCUT2D eigenvalue weighted by atomic mass is 10.2. The van der Waals surface area contributed by atoms with Gasteiger partial charge in [-0.25, -0.2) is 4.98 Å². The third-order valence-electron chi connectivity index (χ3n) is 3.16. The molecule has 0 bridgehead atoms. The standard InChI is InChI=1S/C13H16N4O2/c1-18-12-10-3-2-9(14)8-11(10)15-13(16-12)17-4-6-19-7-5-17/h2-3,8H,4-7,14H2,1H3. The minimum atomic E-state index is 0.575. The lowest BCUT2D eigenvalue weighted by molar-refractivity contribution is 0.122. The molecule has 1 fully saturated rings. The number of ether oxygens (including phenoxy) is 2. The van der Waals surface area contributed by atoms with Gasteiger partial charge in [0.25, 0.3) is 0 Å². The first kappa shape index (κ1) is 12.0. The van der Waals surface area contributed by atoms with Crippen molar-refractivity contribution in [2.45, 2.75) is 0 Å². The van der Waals surface area contributed by atoms with Gasteiger partial charge >= 0.3 is 0 Å². The Morgan fingerprint density at radius 2 is 2.05 bits per heavy atom. The molecule has 1 aliphatic heterocycles. The minimum absolute atomic E-state index is 0.575. The van der Waals surface area contributed by atoms with E-state index >= 15 is 0 Å². The van der Waals surface area contributed by atoms with Crippen LogP contribution >= 0.6 is 0 Å². The van der Waals surface area contributed by atoms with Crippen LogP contribution in [-0.2, 0) is 4.74 Å². The number of anilines is 2. The summed E-state index contributed by atoms with van der Waals surface area (Å²) >= 11 is 0. The molecule has 0 atom stereocenters. The molecule has 0 aliphatic carbocycles. The molecule has 1 aliphatic rings. The summed E-state index contributed by atoms with van der Waals surface area (Å²) < 4.78 is 10.7. The van der Waals surface area contributed by atoms with Crippen molar-refractivity contribution in [3.8, 4) is 5.88 Å². The SMILES string of the molecule is COc1nc(N2CCOCC2)nc2cc(N)ccc12. The van der Waals surface area contributed by atoms with Gasteiger partial charge in [0.05, 0.1) is 31.2 Å². The number of nitrogens with zero attached hydrogens (tertiary/aromatic N) is 3. The van der Waals surface area contributed by atoms with Crippen LogP contribution in [0.15, 0.2) is 18.2 Å². The highest BCUT2D eigenvalue weighted by atomic mass is 16.5. The molecule has 2 N–H and O–H groups in total. The molecule has 6 nitrogen and oxygen atoms in total. The topological polar surface area (TPSA) is 73.5 Å². The van der Waals surface area contributed by atoms with E-state index in [1.54, 1.807) is 7.11 Å². The van der Waals surface area contributed by atoms with Crippen molar-refractivity contribution in [1.29, 1.82) is 0 Å². The van der Waals surface area contributed by atoms with Crippen LogP contribution in [-0.4, -0.2) is 43.4 Å². The monoisotopic (exact) mass is 260 g/mol. The highest BCUT2D eigenvalue weighted by Crippen LogP contribution is 2.26. The molecule has 0 amide bonds. The maximum absolute atomic E-state index is 5.81. The van der Waals surface area contributed by atoms with E-state index in [0.29, 0.717) is 30.7 Å². The number of rotatable bonds is 2. The van der Waals surface area contributed by atoms with Gasteiger partial charge in [-0.2, -0.15) is 4.98 Å². The largest absolute Gasteiger partial charge is 0.480 e. The highest BCUT2D eigenvalue weighted by Gasteiger charge is 2.16. The summed E-state index contributed by atoms with van der Waals surface area (Å²) in [6.07, 6.45) is 0. The van der Waals surface area contributed by atoms with Gasteiger partial charge in [0.1, 0.15) is 0 Å². The van der Waals surface area contributed by atoms with E-state index in [1.807, 2.05) is 18.2 Å². The van der Waals surface area contributed by atoms with E-state index in [4.69, 9.17) is 15.2 Å². The average molecular weight is 260 g/mol. The van der Waals surface area contributed by atoms with Crippen molar-refractivity contribution in [3.63, 3.8) is 0 Å². The zero-order valence-electron chi connectivity index (χ0n) is 10.8. The second-order valence-corrected chi connectivity index (χ2v) is 4.41. The van der Waals surface area contributed by atoms with Crippen molar-refractivity contribution < 1.29 is 9.47 Å². The quantitative estimate of drug-likeness (QED) is 0.814. The van der Waals surface area contributed by atoms with Crippen LogP contribution in [0.3, 0.4) is 0 Å². The number of hydrogen-bond donors (Lipinski definition) is 1. The molecule has 0 spiro atoms. The van der Waals surface area contributed by atoms with Crippen LogP contribution in [0.5, 0.6) is 5.88 Å². The fourth-order valence-corrected chi connectivity index (χ4v) is 2.17. The number of aromatic nitrogens is 2. The molecule has 100 valence electrons. The van der Waals surface area contributed by atoms with Gasteiger partial charge in [0.2, 0.25) is 11.8 Å². The summed E-state index contributed by atoms with van der Waals surface area (Å²) in [5.74, 6) is 1.24. The first-order valence-corrected chi connectivity index (χ1v) is 6.22. The van der Waals surface area contributed by atoms with Gasteiger partial charge < -0.3 is 20.1 Å². The van der Waals surface area contributed by atoms with Crippen LogP contribution < -0.4 is 15.4 Å². The summed E-state index contributed by atoms with van der Waals surface area (Å²) in [6, 6.07) is 5.54. The molecule has 0 unspecified atom stereocenters. The van der Waals surface area contributed by atoms with Crippen molar-refractivity contribution in [1.82, 2.24) is 9.97 Å². The Bertz CT molecular complexity index is 596. The molecular weight excluding hydrogens is 244 g/mol. The maximum atomic E-state index is 5.81. The van der Waals surface area contributed by atoms with Crippen molar-refractivity contribution in [3.05, 3.63) is 18.2 Å². The number of morpholine rings is 1. The molecule has 0 radical (unpaired) electrons. The van der Waals surface area contributed by atoms with Gasteiger partial charge in [-0.3, -0.25) is 0 Å². The summed E-state index contributed by atoms with van der Waals surface area (Å²) in [5.41, 5.74) is 7.29. The molecule has 6 heteroatoms. The maximum Gasteiger partial charge on any atom is 0.229 e. The Morgan fingerprint density at radius 1 is 1.26 bits per heavy atom. The Hall–Kier alpha value is -2.08. The Morgan fingerprint density at radius 3 is 2.79 bits per heavy atom. The summed E-state index contributed by atoms with van der Waals surface area (Å²) in [6.45, 7) is 2.97. The molecule has 1 aromatic carbocycles. The number of methoxy groups -OCH3 is 1. The fourth-order valence-electron chi connectivity index (χ4n) is 2.17. The van der Waals surface area contributed by atoms with Crippen molar-refractivity contribution in [2.75, 3.05) is 44.0 Å². The first-order valence-electron chi connectivity index (χ1n) is 6.22. The first-order chi connectivity index (χ1) is 9.28. The van der Waals surface area contributed by atoms with Crippen LogP contribution in [0, 0.1) is 0 Å². The van der Waals surface area contributed by atoms with Gasteiger partial charge in [-0.15, -0.1) is 0 Å². The molecule has 2 aromatic rings. The lowest BCUT2D eigenvalue weighted by Gasteiger charge is -2.27. The number of benzene rings is 1. The predicted molar refractivity (Wildman–Crippen MR) is 73.5 cm³/mol. The molecular formula is C13H16N4O2. The fraction of sp³-hybridized carbons (Fsp3) is 0.385. The Kier molecular flexibility index (Phi) is 3.08. The molecule has 3 rings (SSSR count). The van der Waals surface area contributed by atoms with Crippen LogP contribution in [0.4, 0.5) is 11.6 Å². The molecule has 1 aromatic heterocycles. The van der Waals surface area contributed by atoms with E-state index in [9.17, 15) is 0 Å². The van der Waals surface area contributed by atoms with Crippen LogP contribution in [0.25, 0.3) is 10.9 Å². The average Bonchev–Trinajstić information content (AvgIpc) is 2.46. The van der Waals surface area contributed by atoms with E-state index in [1.165, 1.54) is 0 Å². The highest BCUT2D eigenvalue weighted by molar-refractivity contribution is 5.87. The van der Waals surface area contributed by atoms with Crippen molar-refractivity contribution in [2.24, 2.45) is 0 Å². The van der Waals surface area contributed by atoms with Gasteiger partial charge in [0.15, 0.2) is 0 Å². The summed E-state index contributed by atoms with van der Waals surface area (Å²) in [4.78, 5) is 11.1. The summed E-state index contributed by atoms with van der Waals surface area (Å²) in [7, 11) is 1.61. The second-order valence-electron chi connectivity index (χ2n) is 4.41. The van der Waals surface area contributed by atoms with Gasteiger partial charge in [0, 0.05) is 18.8 Å². The Balaban J connectivity index is 2.09. The number of nitrogen functional groups attached to an aromatic ring is 1. The van der Waals surface area contributed by atoms with Crippen LogP contribution in [0.2, 0.25) is 0 Å². The van der Waals surface area contributed by atoms with Crippen molar-refractivity contribution >= 4 is 22.5 Å². The second kappa shape index (κ2) is 4.89. The third-order valence-corrected chi connectivity index (χ3v) is 3.16. The lowest BCUT2D eigenvalue weighted by Crippen LogP contribution is -2.37. The number of hydrogen-bond acceptors (Lipinski definition) is 6. The smallest absolute Gasteiger partial charge is 0.229 e. The zero-order valence-corrected chi connectivity index (χ0v) is 10.8. The summed E-state index contributed by atoms with van der Waals surface area (Å²) in [5, 5.41) is 0.869. The predicted octanol–water partition coefficient (Wildman–Crippen LogP) is 1.06. The molecule has 1 saturated heterocycles. The molecule has 2 heterocycles. The van der Waals surface area contributed by atoms with E-state index in [-0.39, 0.29) is 0 Å².